The van der Waals surface area contributed by atoms with Crippen molar-refractivity contribution in [2.75, 3.05) is 12.0 Å². The van der Waals surface area contributed by atoms with Crippen LogP contribution in [0.1, 0.15) is 39.5 Å². The molecular formula is C10H20O2S. The first kappa shape index (κ1) is 12.8. The molecule has 0 aromatic heterocycles. The van der Waals surface area contributed by atoms with Crippen LogP contribution >= 0.6 is 11.8 Å². The minimum atomic E-state index is -0.0575. The lowest BCUT2D eigenvalue weighted by Gasteiger charge is -2.12. The van der Waals surface area contributed by atoms with Crippen LogP contribution in [0, 0.1) is 0 Å². The molecule has 13 heavy (non-hydrogen) atoms. The number of hydrogen-bond donors (Lipinski definition) is 0. The molecule has 0 aliphatic rings. The zero-order chi connectivity index (χ0) is 10.1. The van der Waals surface area contributed by atoms with E-state index < -0.39 is 0 Å². The number of carbonyl (C=O) groups is 1. The molecule has 0 radical (unpaired) electrons. The van der Waals surface area contributed by atoms with Crippen molar-refractivity contribution in [1.82, 2.24) is 0 Å². The summed E-state index contributed by atoms with van der Waals surface area (Å²) in [5, 5.41) is 0. The summed E-state index contributed by atoms with van der Waals surface area (Å²) in [5.41, 5.74) is 0. The summed E-state index contributed by atoms with van der Waals surface area (Å²) in [4.78, 5) is 11.1. The van der Waals surface area contributed by atoms with Gasteiger partial charge in [0, 0.05) is 5.75 Å². The van der Waals surface area contributed by atoms with Gasteiger partial charge in [0.1, 0.15) is 0 Å². The topological polar surface area (TPSA) is 26.3 Å². The van der Waals surface area contributed by atoms with Gasteiger partial charge in [0.05, 0.1) is 12.5 Å². The fraction of sp³-hybridized carbons (Fsp3) is 0.900. The Morgan fingerprint density at radius 1 is 1.54 bits per heavy atom. The highest BCUT2D eigenvalue weighted by Gasteiger charge is 2.07. The second-order valence-corrected chi connectivity index (χ2v) is 4.17. The molecule has 0 saturated heterocycles. The van der Waals surface area contributed by atoms with Crippen LogP contribution in [0.5, 0.6) is 0 Å². The molecule has 0 aliphatic heterocycles. The number of hydrogen-bond acceptors (Lipinski definition) is 3. The van der Waals surface area contributed by atoms with Crippen LogP contribution < -0.4 is 0 Å². The Labute approximate surface area is 85.4 Å². The van der Waals surface area contributed by atoms with E-state index in [0.29, 0.717) is 6.42 Å². The van der Waals surface area contributed by atoms with E-state index in [4.69, 9.17) is 4.74 Å². The minimum absolute atomic E-state index is 0.0575. The number of carbonyl (C=O) groups excluding carboxylic acids is 1. The molecule has 78 valence electrons. The summed E-state index contributed by atoms with van der Waals surface area (Å²) in [6.07, 6.45) is 5.91. The Kier molecular flexibility index (Phi) is 8.30. The van der Waals surface area contributed by atoms with Gasteiger partial charge in [0.15, 0.2) is 0 Å². The van der Waals surface area contributed by atoms with Crippen LogP contribution in [0.3, 0.4) is 0 Å². The smallest absolute Gasteiger partial charge is 0.306 e. The second kappa shape index (κ2) is 8.42. The van der Waals surface area contributed by atoms with E-state index in [-0.39, 0.29) is 12.1 Å². The summed E-state index contributed by atoms with van der Waals surface area (Å²) < 4.78 is 5.20. The Morgan fingerprint density at radius 2 is 2.23 bits per heavy atom. The molecule has 0 unspecified atom stereocenters. The molecule has 1 atom stereocenters. The maximum atomic E-state index is 11.1. The molecule has 0 rings (SSSR count). The third kappa shape index (κ3) is 8.16. The molecule has 2 nitrogen and oxygen atoms in total. The highest BCUT2D eigenvalue weighted by molar-refractivity contribution is 7.98. The van der Waals surface area contributed by atoms with Gasteiger partial charge in [-0.1, -0.05) is 19.8 Å². The summed E-state index contributed by atoms with van der Waals surface area (Å²) in [6.45, 7) is 4.11. The minimum Gasteiger partial charge on any atom is -0.463 e. The van der Waals surface area contributed by atoms with Gasteiger partial charge >= 0.3 is 5.97 Å². The van der Waals surface area contributed by atoms with Crippen molar-refractivity contribution < 1.29 is 9.53 Å². The molecule has 0 N–H and O–H groups in total. The second-order valence-electron chi connectivity index (χ2n) is 3.19. The molecule has 0 aliphatic carbocycles. The van der Waals surface area contributed by atoms with Crippen molar-refractivity contribution >= 4 is 17.7 Å². The van der Waals surface area contributed by atoms with Gasteiger partial charge in [-0.05, 0) is 19.6 Å². The molecule has 0 bridgehead atoms. The summed E-state index contributed by atoms with van der Waals surface area (Å²) in [7, 11) is 0. The standard InChI is InChI=1S/C10H20O2S/c1-4-5-6-9(2)12-10(11)7-8-13-3/h9H,4-8H2,1-3H3/t9-/m1/s1. The lowest BCUT2D eigenvalue weighted by molar-refractivity contribution is -0.148. The molecular weight excluding hydrogens is 184 g/mol. The van der Waals surface area contributed by atoms with Crippen LogP contribution in [0.25, 0.3) is 0 Å². The van der Waals surface area contributed by atoms with Gasteiger partial charge in [-0.3, -0.25) is 4.79 Å². The lowest BCUT2D eigenvalue weighted by Crippen LogP contribution is -2.15. The summed E-state index contributed by atoms with van der Waals surface area (Å²) in [5.74, 6) is 0.803. The van der Waals surface area contributed by atoms with Crippen LogP contribution in [-0.4, -0.2) is 24.1 Å². The van der Waals surface area contributed by atoms with E-state index in [9.17, 15) is 4.79 Å². The third-order valence-corrected chi connectivity index (χ3v) is 2.42. The van der Waals surface area contributed by atoms with E-state index >= 15 is 0 Å². The number of esters is 1. The molecule has 0 amide bonds. The first-order valence-electron chi connectivity index (χ1n) is 4.89. The highest BCUT2D eigenvalue weighted by Crippen LogP contribution is 2.06. The van der Waals surface area contributed by atoms with Crippen molar-refractivity contribution in [1.29, 1.82) is 0 Å². The third-order valence-electron chi connectivity index (χ3n) is 1.81. The van der Waals surface area contributed by atoms with E-state index in [1.165, 1.54) is 0 Å². The maximum Gasteiger partial charge on any atom is 0.306 e. The first-order valence-corrected chi connectivity index (χ1v) is 6.28. The average Bonchev–Trinajstić information content (AvgIpc) is 2.11. The zero-order valence-corrected chi connectivity index (χ0v) is 9.65. The van der Waals surface area contributed by atoms with Gasteiger partial charge in [-0.15, -0.1) is 0 Å². The van der Waals surface area contributed by atoms with Gasteiger partial charge in [-0.2, -0.15) is 11.8 Å². The highest BCUT2D eigenvalue weighted by atomic mass is 32.2. The monoisotopic (exact) mass is 204 g/mol. The fourth-order valence-corrected chi connectivity index (χ4v) is 1.39. The number of unbranched alkanes of at least 4 members (excludes halogenated alkanes) is 1. The zero-order valence-electron chi connectivity index (χ0n) is 8.84. The molecule has 0 spiro atoms. The Morgan fingerprint density at radius 3 is 2.77 bits per heavy atom. The molecule has 0 aromatic carbocycles. The van der Waals surface area contributed by atoms with Crippen molar-refractivity contribution in [3.63, 3.8) is 0 Å². The van der Waals surface area contributed by atoms with E-state index in [1.807, 2.05) is 13.2 Å². The predicted molar refractivity (Wildman–Crippen MR) is 58.1 cm³/mol. The number of ether oxygens (including phenoxy) is 1. The quantitative estimate of drug-likeness (QED) is 0.596. The van der Waals surface area contributed by atoms with Crippen LogP contribution in [0.2, 0.25) is 0 Å². The van der Waals surface area contributed by atoms with Gasteiger partial charge in [0.25, 0.3) is 0 Å². The lowest BCUT2D eigenvalue weighted by atomic mass is 10.2. The fourth-order valence-electron chi connectivity index (χ4n) is 1.02. The van der Waals surface area contributed by atoms with Gasteiger partial charge in [-0.25, -0.2) is 0 Å². The Balaban J connectivity index is 3.41. The van der Waals surface area contributed by atoms with E-state index in [1.54, 1.807) is 11.8 Å². The van der Waals surface area contributed by atoms with Crippen LogP contribution in [0.15, 0.2) is 0 Å². The molecule has 0 fully saturated rings. The number of rotatable bonds is 7. The molecule has 0 aromatic rings. The van der Waals surface area contributed by atoms with Crippen LogP contribution in [-0.2, 0) is 9.53 Å². The molecule has 0 saturated carbocycles. The molecule has 3 heteroatoms. The van der Waals surface area contributed by atoms with Crippen molar-refractivity contribution in [2.45, 2.75) is 45.6 Å². The Hall–Kier alpha value is -0.180. The van der Waals surface area contributed by atoms with E-state index in [0.717, 1.165) is 25.0 Å². The number of thioether (sulfide) groups is 1. The predicted octanol–water partition coefficient (Wildman–Crippen LogP) is 2.86. The Bertz CT molecular complexity index is 137. The maximum absolute atomic E-state index is 11.1. The van der Waals surface area contributed by atoms with Gasteiger partial charge < -0.3 is 4.74 Å². The largest absolute Gasteiger partial charge is 0.463 e. The van der Waals surface area contributed by atoms with Gasteiger partial charge in [0.2, 0.25) is 0 Å². The van der Waals surface area contributed by atoms with E-state index in [2.05, 4.69) is 6.92 Å². The SMILES string of the molecule is CCCC[C@@H](C)OC(=O)CCSC. The van der Waals surface area contributed by atoms with Crippen molar-refractivity contribution in [3.8, 4) is 0 Å². The van der Waals surface area contributed by atoms with Crippen molar-refractivity contribution in [3.05, 3.63) is 0 Å². The summed E-state index contributed by atoms with van der Waals surface area (Å²) in [6, 6.07) is 0. The average molecular weight is 204 g/mol. The van der Waals surface area contributed by atoms with Crippen LogP contribution in [0.4, 0.5) is 0 Å². The molecule has 0 heterocycles. The van der Waals surface area contributed by atoms with Crippen molar-refractivity contribution in [2.24, 2.45) is 0 Å². The summed E-state index contributed by atoms with van der Waals surface area (Å²) >= 11 is 1.67. The first-order chi connectivity index (χ1) is 6.20. The normalized spacial score (nSPS) is 12.5.